The summed E-state index contributed by atoms with van der Waals surface area (Å²) < 4.78 is 81.7. The first-order chi connectivity index (χ1) is 15.5. The fraction of sp³-hybridized carbons (Fsp3) is 0.619. The van der Waals surface area contributed by atoms with E-state index in [-0.39, 0.29) is 31.4 Å². The lowest BCUT2D eigenvalue weighted by atomic mass is 9.92. The van der Waals surface area contributed by atoms with Crippen LogP contribution in [-0.2, 0) is 20.7 Å². The first-order valence-electron chi connectivity index (χ1n) is 10.5. The van der Waals surface area contributed by atoms with E-state index < -0.39 is 60.7 Å². The van der Waals surface area contributed by atoms with E-state index in [1.54, 1.807) is 0 Å². The Hall–Kier alpha value is -2.63. The minimum absolute atomic E-state index is 0.0460. The number of carbonyl (C=O) groups is 2. The fourth-order valence-electron chi connectivity index (χ4n) is 3.75. The topological polar surface area (TPSA) is 85.3 Å². The zero-order valence-corrected chi connectivity index (χ0v) is 17.6. The molecule has 0 aliphatic carbocycles. The maximum atomic E-state index is 13.9. The molecule has 0 bridgehead atoms. The molecule has 0 atom stereocenters. The van der Waals surface area contributed by atoms with E-state index >= 15 is 0 Å². The van der Waals surface area contributed by atoms with Crippen LogP contribution in [0.2, 0.25) is 0 Å². The van der Waals surface area contributed by atoms with Crippen molar-refractivity contribution in [1.29, 1.82) is 0 Å². The molecule has 1 aromatic carbocycles. The van der Waals surface area contributed by atoms with Gasteiger partial charge in [-0.05, 0) is 31.6 Å². The van der Waals surface area contributed by atoms with Crippen LogP contribution < -0.4 is 4.74 Å². The van der Waals surface area contributed by atoms with Crippen LogP contribution in [0.1, 0.15) is 31.2 Å². The number of aliphatic carboxylic acids is 1. The monoisotopic (exact) mass is 481 g/mol. The number of alkyl halides is 3. The summed E-state index contributed by atoms with van der Waals surface area (Å²) in [6, 6.07) is 1.87. The van der Waals surface area contributed by atoms with Gasteiger partial charge in [-0.1, -0.05) is 0 Å². The predicted molar refractivity (Wildman–Crippen MR) is 103 cm³/mol. The lowest BCUT2D eigenvalue weighted by Crippen LogP contribution is -2.64. The van der Waals surface area contributed by atoms with E-state index in [0.717, 1.165) is 12.1 Å². The van der Waals surface area contributed by atoms with Gasteiger partial charge in [0.1, 0.15) is 17.4 Å². The molecule has 0 spiro atoms. The highest BCUT2D eigenvalue weighted by Crippen LogP contribution is 2.40. The molecule has 2 heterocycles. The van der Waals surface area contributed by atoms with Gasteiger partial charge >= 0.3 is 18.2 Å². The number of amides is 1. The highest BCUT2D eigenvalue weighted by molar-refractivity contribution is 5.70. The maximum absolute atomic E-state index is 13.9. The molecule has 12 heteroatoms. The normalized spacial score (nSPS) is 18.5. The Morgan fingerprint density at radius 1 is 1.15 bits per heavy atom. The van der Waals surface area contributed by atoms with Gasteiger partial charge in [-0.3, -0.25) is 4.79 Å². The van der Waals surface area contributed by atoms with Crippen LogP contribution in [-0.4, -0.2) is 66.8 Å². The first-order valence-corrected chi connectivity index (χ1v) is 10.5. The molecule has 184 valence electrons. The number of likely N-dealkylation sites (tertiary alicyclic amines) is 1. The van der Waals surface area contributed by atoms with Crippen LogP contribution in [0.4, 0.5) is 26.7 Å². The second-order valence-corrected chi connectivity index (χ2v) is 8.21. The SMILES string of the molecule is O=C(O)Cc1c(F)cc(OCCCC2CCN(C(=O)OC3(C(F)(F)F)COC3)CC2)cc1F. The minimum Gasteiger partial charge on any atom is -0.493 e. The second-order valence-electron chi connectivity index (χ2n) is 8.21. The number of carbonyl (C=O) groups excluding carboxylic acids is 1. The van der Waals surface area contributed by atoms with Gasteiger partial charge in [0.05, 0.1) is 26.2 Å². The molecule has 33 heavy (non-hydrogen) atoms. The average Bonchev–Trinajstić information content (AvgIpc) is 2.70. The van der Waals surface area contributed by atoms with Crippen LogP contribution in [0.15, 0.2) is 12.1 Å². The van der Waals surface area contributed by atoms with Crippen molar-refractivity contribution in [3.8, 4) is 5.75 Å². The zero-order valence-electron chi connectivity index (χ0n) is 17.6. The largest absolute Gasteiger partial charge is 0.493 e. The van der Waals surface area contributed by atoms with Crippen molar-refractivity contribution in [3.05, 3.63) is 29.3 Å². The standard InChI is InChI=1S/C21H24F5NO6/c22-16-8-14(9-17(23)15(16)10-18(28)29)32-7-1-2-13-3-5-27(6-4-13)19(30)33-20(11-31-12-20)21(24,25)26/h8-9,13H,1-7,10-12H2,(H,28,29). The fourth-order valence-corrected chi connectivity index (χ4v) is 3.75. The summed E-state index contributed by atoms with van der Waals surface area (Å²) in [7, 11) is 0. The third kappa shape index (κ3) is 6.04. The van der Waals surface area contributed by atoms with Gasteiger partial charge in [-0.15, -0.1) is 0 Å². The first kappa shape index (κ1) is 25.0. The molecule has 3 rings (SSSR count). The molecular formula is C21H24F5NO6. The van der Waals surface area contributed by atoms with Gasteiger partial charge in [0.25, 0.3) is 5.60 Å². The molecular weight excluding hydrogens is 457 g/mol. The van der Waals surface area contributed by atoms with E-state index in [4.69, 9.17) is 14.6 Å². The minimum atomic E-state index is -4.69. The summed E-state index contributed by atoms with van der Waals surface area (Å²) in [5.74, 6) is -3.17. The molecule has 0 aromatic heterocycles. The van der Waals surface area contributed by atoms with Crippen LogP contribution in [0.3, 0.4) is 0 Å². The summed E-state index contributed by atoms with van der Waals surface area (Å²) in [6.45, 7) is -0.696. The molecule has 0 unspecified atom stereocenters. The summed E-state index contributed by atoms with van der Waals surface area (Å²) in [5, 5.41) is 8.68. The van der Waals surface area contributed by atoms with Crippen molar-refractivity contribution >= 4 is 12.1 Å². The Bertz CT molecular complexity index is 842. The van der Waals surface area contributed by atoms with Crippen LogP contribution in [0, 0.1) is 17.6 Å². The maximum Gasteiger partial charge on any atom is 0.433 e. The summed E-state index contributed by atoms with van der Waals surface area (Å²) in [6.07, 6.45) is -4.05. The van der Waals surface area contributed by atoms with E-state index in [9.17, 15) is 31.5 Å². The number of hydrogen-bond donors (Lipinski definition) is 1. The van der Waals surface area contributed by atoms with Gasteiger partial charge < -0.3 is 24.2 Å². The third-order valence-electron chi connectivity index (χ3n) is 5.81. The van der Waals surface area contributed by atoms with Crippen molar-refractivity contribution in [2.45, 2.75) is 43.9 Å². The number of benzene rings is 1. The highest BCUT2D eigenvalue weighted by atomic mass is 19.4. The molecule has 0 radical (unpaired) electrons. The Kier molecular flexibility index (Phi) is 7.65. The molecule has 1 aromatic rings. The molecule has 2 aliphatic heterocycles. The number of rotatable bonds is 8. The Labute approximate surface area is 186 Å². The third-order valence-corrected chi connectivity index (χ3v) is 5.81. The van der Waals surface area contributed by atoms with Crippen LogP contribution in [0.25, 0.3) is 0 Å². The van der Waals surface area contributed by atoms with Crippen molar-refractivity contribution in [2.24, 2.45) is 5.92 Å². The number of halogens is 5. The smallest absolute Gasteiger partial charge is 0.433 e. The zero-order chi connectivity index (χ0) is 24.2. The Morgan fingerprint density at radius 3 is 2.24 bits per heavy atom. The summed E-state index contributed by atoms with van der Waals surface area (Å²) in [5.41, 5.74) is -3.10. The highest BCUT2D eigenvalue weighted by Gasteiger charge is 2.64. The van der Waals surface area contributed by atoms with Gasteiger partial charge in [-0.2, -0.15) is 13.2 Å². The molecule has 2 saturated heterocycles. The number of piperidine rings is 1. The molecule has 0 saturated carbocycles. The number of nitrogens with zero attached hydrogens (tertiary/aromatic N) is 1. The summed E-state index contributed by atoms with van der Waals surface area (Å²) >= 11 is 0. The number of ether oxygens (including phenoxy) is 3. The molecule has 1 amide bonds. The number of hydrogen-bond acceptors (Lipinski definition) is 5. The lowest BCUT2D eigenvalue weighted by molar-refractivity contribution is -0.333. The molecule has 1 N–H and O–H groups in total. The van der Waals surface area contributed by atoms with E-state index in [1.165, 1.54) is 4.90 Å². The quantitative estimate of drug-likeness (QED) is 0.448. The van der Waals surface area contributed by atoms with Crippen molar-refractivity contribution in [3.63, 3.8) is 0 Å². The number of carboxylic acid groups (broad SMARTS) is 1. The Balaban J connectivity index is 1.38. The summed E-state index contributed by atoms with van der Waals surface area (Å²) in [4.78, 5) is 24.1. The van der Waals surface area contributed by atoms with Crippen molar-refractivity contribution in [2.75, 3.05) is 32.9 Å². The van der Waals surface area contributed by atoms with Crippen molar-refractivity contribution < 1.29 is 50.9 Å². The van der Waals surface area contributed by atoms with Gasteiger partial charge in [0.15, 0.2) is 0 Å². The van der Waals surface area contributed by atoms with Crippen LogP contribution in [0.5, 0.6) is 5.75 Å². The molecule has 2 aliphatic rings. The van der Waals surface area contributed by atoms with Crippen LogP contribution >= 0.6 is 0 Å². The van der Waals surface area contributed by atoms with E-state index in [0.29, 0.717) is 25.7 Å². The van der Waals surface area contributed by atoms with E-state index in [2.05, 4.69) is 4.74 Å². The van der Waals surface area contributed by atoms with Crippen molar-refractivity contribution in [1.82, 2.24) is 4.90 Å². The number of carboxylic acids is 1. The van der Waals surface area contributed by atoms with Gasteiger partial charge in [-0.25, -0.2) is 13.6 Å². The van der Waals surface area contributed by atoms with Gasteiger partial charge in [0.2, 0.25) is 0 Å². The van der Waals surface area contributed by atoms with Gasteiger partial charge in [0, 0.05) is 30.8 Å². The predicted octanol–water partition coefficient (Wildman–Crippen LogP) is 3.93. The average molecular weight is 481 g/mol. The lowest BCUT2D eigenvalue weighted by Gasteiger charge is -2.43. The molecule has 7 nitrogen and oxygen atoms in total. The molecule has 2 fully saturated rings. The van der Waals surface area contributed by atoms with E-state index in [1.807, 2.05) is 0 Å². The second kappa shape index (κ2) is 10.1. The Morgan fingerprint density at radius 2 is 1.76 bits per heavy atom.